The number of hydrogen-bond donors (Lipinski definition) is 2. The highest BCUT2D eigenvalue weighted by atomic mass is 19.3. The lowest BCUT2D eigenvalue weighted by Crippen LogP contribution is -2.42. The van der Waals surface area contributed by atoms with Crippen molar-refractivity contribution in [1.82, 2.24) is 39.5 Å². The summed E-state index contributed by atoms with van der Waals surface area (Å²) in [5.41, 5.74) is 1.16. The molecule has 0 radical (unpaired) electrons. The molecule has 15 heteroatoms. The SMILES string of the molecule is C=CC(=O)N1CC2CCC(NC(=O)CNc3nc(N4CCOCC4)nc4c3ncn4-c3cnn(C(F)F)c3)C2C1. The van der Waals surface area contributed by atoms with E-state index in [9.17, 15) is 18.4 Å². The fourth-order valence-corrected chi connectivity index (χ4v) is 5.84. The van der Waals surface area contributed by atoms with Gasteiger partial charge in [0.1, 0.15) is 6.33 Å². The number of carbonyl (C=O) groups excluding carboxylic acids is 2. The van der Waals surface area contributed by atoms with Crippen molar-refractivity contribution in [2.45, 2.75) is 25.4 Å². The molecule has 0 spiro atoms. The second kappa shape index (κ2) is 10.8. The maximum atomic E-state index is 13.1. The van der Waals surface area contributed by atoms with Gasteiger partial charge in [0.25, 0.3) is 0 Å². The Morgan fingerprint density at radius 1 is 1.20 bits per heavy atom. The van der Waals surface area contributed by atoms with Gasteiger partial charge in [0.05, 0.1) is 37.8 Å². The first-order valence-electron chi connectivity index (χ1n) is 13.3. The molecule has 2 saturated heterocycles. The molecule has 1 aliphatic carbocycles. The van der Waals surface area contributed by atoms with Crippen LogP contribution in [0.1, 0.15) is 19.4 Å². The van der Waals surface area contributed by atoms with Gasteiger partial charge in [0.2, 0.25) is 17.8 Å². The van der Waals surface area contributed by atoms with E-state index in [1.165, 1.54) is 24.8 Å². The molecule has 13 nitrogen and oxygen atoms in total. The average molecular weight is 557 g/mol. The maximum absolute atomic E-state index is 13.1. The van der Waals surface area contributed by atoms with Crippen molar-refractivity contribution in [3.05, 3.63) is 31.4 Å². The van der Waals surface area contributed by atoms with E-state index in [0.29, 0.717) is 78.6 Å². The van der Waals surface area contributed by atoms with Crippen molar-refractivity contribution in [2.24, 2.45) is 11.8 Å². The fraction of sp³-hybridized carbons (Fsp3) is 0.520. The largest absolute Gasteiger partial charge is 0.378 e. The number of halogens is 2. The minimum Gasteiger partial charge on any atom is -0.378 e. The van der Waals surface area contributed by atoms with Crippen LogP contribution in [0.4, 0.5) is 20.5 Å². The second-order valence-electron chi connectivity index (χ2n) is 10.2. The number of likely N-dealkylation sites (tertiary alicyclic amines) is 1. The van der Waals surface area contributed by atoms with Crippen LogP contribution >= 0.6 is 0 Å². The van der Waals surface area contributed by atoms with Gasteiger partial charge >= 0.3 is 6.55 Å². The topological polar surface area (TPSA) is 135 Å². The quantitative estimate of drug-likeness (QED) is 0.392. The molecule has 0 aromatic carbocycles. The molecule has 0 bridgehead atoms. The number of nitrogens with one attached hydrogen (secondary N) is 2. The minimum atomic E-state index is -2.78. The van der Waals surface area contributed by atoms with E-state index in [2.05, 4.69) is 37.3 Å². The van der Waals surface area contributed by atoms with Gasteiger partial charge in [-0.05, 0) is 24.8 Å². The van der Waals surface area contributed by atoms with Crippen molar-refractivity contribution in [3.63, 3.8) is 0 Å². The molecule has 3 unspecified atom stereocenters. The summed E-state index contributed by atoms with van der Waals surface area (Å²) in [6.07, 6.45) is 7.15. The predicted octanol–water partition coefficient (Wildman–Crippen LogP) is 1.19. The standard InChI is InChI=1S/C25H30F2N10O3/c1-2-20(39)35-11-15-3-4-18(17(15)13-35)31-19(38)10-28-22-21-23(33-25(32-22)34-5-7-40-8-6-34)36(14-29-21)16-9-30-37(12-16)24(26)27/h2,9,12,14-15,17-18,24H,1,3-8,10-11,13H2,(H,31,38)(H,28,32,33). The van der Waals surface area contributed by atoms with Crippen molar-refractivity contribution in [3.8, 4) is 5.69 Å². The Balaban J connectivity index is 1.21. The van der Waals surface area contributed by atoms with Crippen LogP contribution < -0.4 is 15.5 Å². The first-order chi connectivity index (χ1) is 19.4. The summed E-state index contributed by atoms with van der Waals surface area (Å²) < 4.78 is 33.8. The van der Waals surface area contributed by atoms with Gasteiger partial charge in [-0.15, -0.1) is 0 Å². The van der Waals surface area contributed by atoms with Crippen LogP contribution in [-0.4, -0.2) is 98.0 Å². The van der Waals surface area contributed by atoms with Gasteiger partial charge in [-0.1, -0.05) is 6.58 Å². The number of ether oxygens (including phenoxy) is 1. The molecule has 212 valence electrons. The summed E-state index contributed by atoms with van der Waals surface area (Å²) in [4.78, 5) is 42.6. The number of imidazole rings is 1. The molecular formula is C25H30F2N10O3. The average Bonchev–Trinajstić information content (AvgIpc) is 3.76. The van der Waals surface area contributed by atoms with Crippen molar-refractivity contribution in [1.29, 1.82) is 0 Å². The predicted molar refractivity (Wildman–Crippen MR) is 140 cm³/mol. The van der Waals surface area contributed by atoms with Crippen LogP contribution in [0.15, 0.2) is 31.4 Å². The van der Waals surface area contributed by atoms with Crippen LogP contribution in [0.3, 0.4) is 0 Å². The zero-order valence-corrected chi connectivity index (χ0v) is 21.7. The van der Waals surface area contributed by atoms with E-state index in [1.807, 2.05) is 4.90 Å². The molecule has 3 aliphatic rings. The minimum absolute atomic E-state index is 0.0122. The Labute approximate surface area is 228 Å². The van der Waals surface area contributed by atoms with Crippen LogP contribution in [-0.2, 0) is 14.3 Å². The highest BCUT2D eigenvalue weighted by molar-refractivity contribution is 5.89. The number of fused-ring (bicyclic) bond motifs is 2. The number of aromatic nitrogens is 6. The molecule has 6 rings (SSSR count). The summed E-state index contributed by atoms with van der Waals surface area (Å²) in [6, 6.07) is -0.0122. The number of carbonyl (C=O) groups is 2. The smallest absolute Gasteiger partial charge is 0.333 e. The molecule has 3 aromatic heterocycles. The normalized spacial score (nSPS) is 22.6. The van der Waals surface area contributed by atoms with Gasteiger partial charge in [-0.25, -0.2) is 9.67 Å². The third kappa shape index (κ3) is 4.96. The summed E-state index contributed by atoms with van der Waals surface area (Å²) in [6.45, 7) is 4.27. The van der Waals surface area contributed by atoms with E-state index >= 15 is 0 Å². The number of rotatable bonds is 8. The van der Waals surface area contributed by atoms with E-state index in [-0.39, 0.29) is 30.3 Å². The van der Waals surface area contributed by atoms with Crippen molar-refractivity contribution >= 4 is 34.7 Å². The summed E-state index contributed by atoms with van der Waals surface area (Å²) in [5.74, 6) is 1.09. The molecule has 5 heterocycles. The molecule has 40 heavy (non-hydrogen) atoms. The Kier molecular flexibility index (Phi) is 7.04. The Bertz CT molecular complexity index is 1420. The Morgan fingerprint density at radius 3 is 2.77 bits per heavy atom. The first-order valence-corrected chi connectivity index (χ1v) is 13.3. The van der Waals surface area contributed by atoms with Crippen LogP contribution in [0.5, 0.6) is 0 Å². The third-order valence-corrected chi connectivity index (χ3v) is 7.85. The van der Waals surface area contributed by atoms with E-state index in [1.54, 1.807) is 9.47 Å². The molecule has 2 aliphatic heterocycles. The number of morpholine rings is 1. The molecule has 3 aromatic rings. The zero-order valence-electron chi connectivity index (χ0n) is 21.7. The van der Waals surface area contributed by atoms with Gasteiger partial charge in [-0.2, -0.15) is 23.8 Å². The number of alkyl halides is 2. The Morgan fingerprint density at radius 2 is 2.02 bits per heavy atom. The van der Waals surface area contributed by atoms with Gasteiger partial charge < -0.3 is 25.2 Å². The lowest BCUT2D eigenvalue weighted by Gasteiger charge is -2.27. The third-order valence-electron chi connectivity index (χ3n) is 7.85. The zero-order chi connectivity index (χ0) is 27.8. The molecule has 3 atom stereocenters. The van der Waals surface area contributed by atoms with Gasteiger partial charge in [-0.3, -0.25) is 14.2 Å². The van der Waals surface area contributed by atoms with E-state index in [4.69, 9.17) is 4.74 Å². The summed E-state index contributed by atoms with van der Waals surface area (Å²) in [5, 5.41) is 9.95. The van der Waals surface area contributed by atoms with Crippen LogP contribution in [0.2, 0.25) is 0 Å². The highest BCUT2D eigenvalue weighted by Gasteiger charge is 2.44. The molecule has 3 fully saturated rings. The lowest BCUT2D eigenvalue weighted by molar-refractivity contribution is -0.125. The molecule has 1 saturated carbocycles. The number of amides is 2. The highest BCUT2D eigenvalue weighted by Crippen LogP contribution is 2.38. The first kappa shape index (κ1) is 26.1. The number of anilines is 2. The maximum Gasteiger partial charge on any atom is 0.333 e. The lowest BCUT2D eigenvalue weighted by atomic mass is 9.98. The monoisotopic (exact) mass is 556 g/mol. The summed E-state index contributed by atoms with van der Waals surface area (Å²) in [7, 11) is 0. The van der Waals surface area contributed by atoms with Gasteiger partial charge in [0, 0.05) is 38.1 Å². The number of hydrogen-bond acceptors (Lipinski definition) is 9. The Hall–Kier alpha value is -4.14. The molecule has 2 N–H and O–H groups in total. The summed E-state index contributed by atoms with van der Waals surface area (Å²) >= 11 is 0. The molecule has 2 amide bonds. The van der Waals surface area contributed by atoms with Crippen LogP contribution in [0.25, 0.3) is 16.9 Å². The van der Waals surface area contributed by atoms with Crippen LogP contribution in [0, 0.1) is 11.8 Å². The van der Waals surface area contributed by atoms with Crippen molar-refractivity contribution in [2.75, 3.05) is 56.2 Å². The van der Waals surface area contributed by atoms with E-state index < -0.39 is 6.55 Å². The number of nitrogens with zero attached hydrogens (tertiary/aromatic N) is 8. The fourth-order valence-electron chi connectivity index (χ4n) is 5.84. The van der Waals surface area contributed by atoms with Crippen molar-refractivity contribution < 1.29 is 23.1 Å². The van der Waals surface area contributed by atoms with E-state index in [0.717, 1.165) is 12.8 Å². The van der Waals surface area contributed by atoms with Gasteiger partial charge in [0.15, 0.2) is 17.0 Å². The second-order valence-corrected chi connectivity index (χ2v) is 10.2. The molecular weight excluding hydrogens is 526 g/mol.